The first-order valence-electron chi connectivity index (χ1n) is 5.40. The Labute approximate surface area is 116 Å². The first-order valence-corrected chi connectivity index (χ1v) is 7.61. The van der Waals surface area contributed by atoms with Gasteiger partial charge in [-0.05, 0) is 18.2 Å². The molecule has 0 amide bonds. The van der Waals surface area contributed by atoms with Gasteiger partial charge in [0.2, 0.25) is 0 Å². The molecule has 1 aromatic heterocycles. The standard InChI is InChI=1S/C11H14N4O2S2/c1-14(2)19(16,17)15-7-11(13-8-15)18-10-5-3-4-9(12)6-10/h3-8H,12H2,1-2H3. The van der Waals surface area contributed by atoms with E-state index in [9.17, 15) is 8.42 Å². The molecule has 0 bridgehead atoms. The number of hydrogen-bond donors (Lipinski definition) is 1. The van der Waals surface area contributed by atoms with Gasteiger partial charge in [-0.2, -0.15) is 12.7 Å². The molecule has 1 aromatic carbocycles. The number of nitrogens with two attached hydrogens (primary N) is 1. The molecule has 0 saturated carbocycles. The van der Waals surface area contributed by atoms with Crippen LogP contribution >= 0.6 is 11.8 Å². The Bertz CT molecular complexity index is 680. The van der Waals surface area contributed by atoms with Crippen molar-refractivity contribution in [1.82, 2.24) is 13.3 Å². The first-order chi connectivity index (χ1) is 8.89. The van der Waals surface area contributed by atoms with Crippen molar-refractivity contribution in [2.24, 2.45) is 0 Å². The molecular weight excluding hydrogens is 284 g/mol. The number of benzene rings is 1. The van der Waals surface area contributed by atoms with E-state index in [2.05, 4.69) is 4.98 Å². The van der Waals surface area contributed by atoms with Crippen molar-refractivity contribution >= 4 is 27.7 Å². The second kappa shape index (κ2) is 5.24. The molecule has 0 fully saturated rings. The van der Waals surface area contributed by atoms with E-state index in [1.54, 1.807) is 6.07 Å². The maximum absolute atomic E-state index is 11.9. The van der Waals surface area contributed by atoms with Gasteiger partial charge in [0.25, 0.3) is 0 Å². The average Bonchev–Trinajstić information content (AvgIpc) is 2.78. The zero-order valence-electron chi connectivity index (χ0n) is 10.5. The Balaban J connectivity index is 2.23. The second-order valence-electron chi connectivity index (χ2n) is 4.01. The Kier molecular flexibility index (Phi) is 3.83. The Morgan fingerprint density at radius 3 is 2.74 bits per heavy atom. The van der Waals surface area contributed by atoms with Crippen molar-refractivity contribution in [1.29, 1.82) is 0 Å². The van der Waals surface area contributed by atoms with E-state index < -0.39 is 10.2 Å². The van der Waals surface area contributed by atoms with E-state index in [0.29, 0.717) is 10.7 Å². The molecule has 0 unspecified atom stereocenters. The number of nitrogen functional groups attached to an aromatic ring is 1. The fourth-order valence-electron chi connectivity index (χ4n) is 1.36. The highest BCUT2D eigenvalue weighted by molar-refractivity contribution is 7.99. The van der Waals surface area contributed by atoms with Crippen molar-refractivity contribution < 1.29 is 8.42 Å². The summed E-state index contributed by atoms with van der Waals surface area (Å²) < 4.78 is 26.0. The molecule has 6 nitrogen and oxygen atoms in total. The van der Waals surface area contributed by atoms with Crippen LogP contribution in [0.1, 0.15) is 0 Å². The number of anilines is 1. The summed E-state index contributed by atoms with van der Waals surface area (Å²) in [4.78, 5) is 4.98. The lowest BCUT2D eigenvalue weighted by Gasteiger charge is -2.10. The van der Waals surface area contributed by atoms with Gasteiger partial charge in [-0.15, -0.1) is 0 Å². The third-order valence-electron chi connectivity index (χ3n) is 2.34. The number of nitrogens with zero attached hydrogens (tertiary/aromatic N) is 3. The van der Waals surface area contributed by atoms with Gasteiger partial charge in [-0.25, -0.2) is 8.96 Å². The van der Waals surface area contributed by atoms with Gasteiger partial charge in [0, 0.05) is 24.7 Å². The minimum atomic E-state index is -3.51. The molecule has 0 aliphatic carbocycles. The van der Waals surface area contributed by atoms with E-state index in [4.69, 9.17) is 5.73 Å². The maximum atomic E-state index is 11.9. The van der Waals surface area contributed by atoms with Gasteiger partial charge in [0.05, 0.1) is 6.20 Å². The summed E-state index contributed by atoms with van der Waals surface area (Å²) in [5.41, 5.74) is 6.34. The van der Waals surface area contributed by atoms with Gasteiger partial charge in [0.1, 0.15) is 11.4 Å². The second-order valence-corrected chi connectivity index (χ2v) is 7.15. The van der Waals surface area contributed by atoms with E-state index >= 15 is 0 Å². The molecule has 0 radical (unpaired) electrons. The highest BCUT2D eigenvalue weighted by atomic mass is 32.2. The number of aromatic nitrogens is 2. The van der Waals surface area contributed by atoms with Crippen LogP contribution in [0.2, 0.25) is 0 Å². The van der Waals surface area contributed by atoms with Gasteiger partial charge >= 0.3 is 10.2 Å². The molecule has 8 heteroatoms. The van der Waals surface area contributed by atoms with Crippen LogP contribution in [0.15, 0.2) is 46.7 Å². The highest BCUT2D eigenvalue weighted by Crippen LogP contribution is 2.27. The van der Waals surface area contributed by atoms with Crippen LogP contribution in [0.4, 0.5) is 5.69 Å². The van der Waals surface area contributed by atoms with Crippen molar-refractivity contribution in [3.05, 3.63) is 36.8 Å². The Morgan fingerprint density at radius 1 is 1.37 bits per heavy atom. The molecule has 0 aliphatic heterocycles. The summed E-state index contributed by atoms with van der Waals surface area (Å²) >= 11 is 1.36. The van der Waals surface area contributed by atoms with Crippen LogP contribution in [0.3, 0.4) is 0 Å². The fraction of sp³-hybridized carbons (Fsp3) is 0.182. The summed E-state index contributed by atoms with van der Waals surface area (Å²) in [6.45, 7) is 0. The molecule has 0 aliphatic rings. The minimum Gasteiger partial charge on any atom is -0.399 e. The Morgan fingerprint density at radius 2 is 2.11 bits per heavy atom. The summed E-state index contributed by atoms with van der Waals surface area (Å²) in [5, 5.41) is 0.594. The SMILES string of the molecule is CN(C)S(=O)(=O)n1cnc(Sc2cccc(N)c2)c1. The fourth-order valence-corrected chi connectivity index (χ4v) is 3.05. The predicted octanol–water partition coefficient (Wildman–Crippen LogP) is 1.27. The molecule has 2 rings (SSSR count). The number of hydrogen-bond acceptors (Lipinski definition) is 5. The van der Waals surface area contributed by atoms with Gasteiger partial charge < -0.3 is 5.73 Å². The summed E-state index contributed by atoms with van der Waals surface area (Å²) in [6.07, 6.45) is 2.76. The number of rotatable bonds is 4. The maximum Gasteiger partial charge on any atom is 0.308 e. The molecule has 0 saturated heterocycles. The van der Waals surface area contributed by atoms with E-state index in [-0.39, 0.29) is 0 Å². The van der Waals surface area contributed by atoms with Gasteiger partial charge in [-0.3, -0.25) is 0 Å². The molecule has 0 spiro atoms. The molecule has 102 valence electrons. The normalized spacial score (nSPS) is 11.9. The average molecular weight is 298 g/mol. The van der Waals surface area contributed by atoms with Crippen LogP contribution in [0, 0.1) is 0 Å². The molecule has 2 aromatic rings. The van der Waals surface area contributed by atoms with Gasteiger partial charge in [0.15, 0.2) is 0 Å². The molecule has 19 heavy (non-hydrogen) atoms. The van der Waals surface area contributed by atoms with Crippen molar-refractivity contribution in [3.8, 4) is 0 Å². The minimum absolute atomic E-state index is 0.594. The van der Waals surface area contributed by atoms with Crippen LogP contribution in [0.25, 0.3) is 0 Å². The summed E-state index contributed by atoms with van der Waals surface area (Å²) in [7, 11) is -0.563. The van der Waals surface area contributed by atoms with Crippen LogP contribution in [-0.4, -0.2) is 35.8 Å². The smallest absolute Gasteiger partial charge is 0.308 e. The van der Waals surface area contributed by atoms with E-state index in [1.165, 1.54) is 38.4 Å². The summed E-state index contributed by atoms with van der Waals surface area (Å²) in [5.74, 6) is 0. The molecule has 0 atom stereocenters. The van der Waals surface area contributed by atoms with Crippen LogP contribution in [-0.2, 0) is 10.2 Å². The molecule has 2 N–H and O–H groups in total. The van der Waals surface area contributed by atoms with Crippen LogP contribution < -0.4 is 5.73 Å². The largest absolute Gasteiger partial charge is 0.399 e. The topological polar surface area (TPSA) is 81.2 Å². The van der Waals surface area contributed by atoms with Crippen LogP contribution in [0.5, 0.6) is 0 Å². The van der Waals surface area contributed by atoms with Crippen molar-refractivity contribution in [3.63, 3.8) is 0 Å². The summed E-state index contributed by atoms with van der Waals surface area (Å²) in [6, 6.07) is 7.33. The lowest BCUT2D eigenvalue weighted by molar-refractivity contribution is 0.510. The van der Waals surface area contributed by atoms with Crippen molar-refractivity contribution in [2.45, 2.75) is 9.92 Å². The lowest BCUT2D eigenvalue weighted by Crippen LogP contribution is -2.27. The highest BCUT2D eigenvalue weighted by Gasteiger charge is 2.16. The molecular formula is C11H14N4O2S2. The zero-order chi connectivity index (χ0) is 14.0. The van der Waals surface area contributed by atoms with Gasteiger partial charge in [-0.1, -0.05) is 17.8 Å². The van der Waals surface area contributed by atoms with E-state index in [1.807, 2.05) is 18.2 Å². The monoisotopic (exact) mass is 298 g/mol. The quantitative estimate of drug-likeness (QED) is 0.860. The number of imidazole rings is 1. The zero-order valence-corrected chi connectivity index (χ0v) is 12.1. The predicted molar refractivity (Wildman–Crippen MR) is 75.2 cm³/mol. The first kappa shape index (κ1) is 13.9. The third kappa shape index (κ3) is 3.09. The lowest BCUT2D eigenvalue weighted by atomic mass is 10.3. The Hall–Kier alpha value is -1.51. The van der Waals surface area contributed by atoms with E-state index in [0.717, 1.165) is 13.2 Å². The van der Waals surface area contributed by atoms with Crippen molar-refractivity contribution in [2.75, 3.05) is 19.8 Å². The third-order valence-corrected chi connectivity index (χ3v) is 4.91. The molecule has 1 heterocycles.